The molecule has 0 aromatic rings. The normalized spacial score (nSPS) is 42.6. The van der Waals surface area contributed by atoms with E-state index in [0.29, 0.717) is 12.0 Å². The summed E-state index contributed by atoms with van der Waals surface area (Å²) in [7, 11) is 0. The lowest BCUT2D eigenvalue weighted by molar-refractivity contribution is 0.307. The maximum Gasteiger partial charge on any atom is 0.0585 e. The number of halogens is 1. The fraction of sp³-hybridized carbons (Fsp3) is 0.640. The molecular weight excluding hydrogens is 364 g/mol. The summed E-state index contributed by atoms with van der Waals surface area (Å²) in [6.07, 6.45) is 19.7. The number of hydrogen-bond acceptors (Lipinski definition) is 2. The van der Waals surface area contributed by atoms with Crippen LogP contribution in [0.5, 0.6) is 0 Å². The maximum absolute atomic E-state index is 4.67. The first kappa shape index (κ1) is 18.7. The Morgan fingerprint density at radius 3 is 2.79 bits per heavy atom. The van der Waals surface area contributed by atoms with E-state index >= 15 is 0 Å². The van der Waals surface area contributed by atoms with Crippen molar-refractivity contribution in [1.29, 1.82) is 0 Å². The Morgan fingerprint density at radius 1 is 1.11 bits per heavy atom. The molecule has 0 radical (unpaired) electrons. The summed E-state index contributed by atoms with van der Waals surface area (Å²) in [6.45, 7) is 5.93. The number of hydrogen-bond donors (Lipinski definition) is 0. The molecule has 1 saturated heterocycles. The molecule has 150 valence electrons. The van der Waals surface area contributed by atoms with Crippen LogP contribution in [-0.4, -0.2) is 23.7 Å². The van der Waals surface area contributed by atoms with Gasteiger partial charge >= 0.3 is 0 Å². The average Bonchev–Trinajstić information content (AvgIpc) is 3.17. The first-order valence-electron chi connectivity index (χ1n) is 11.3. The van der Waals surface area contributed by atoms with Crippen molar-refractivity contribution in [2.75, 3.05) is 6.54 Å². The summed E-state index contributed by atoms with van der Waals surface area (Å²) in [5.74, 6) is 5.05. The van der Waals surface area contributed by atoms with Crippen LogP contribution in [-0.2, 0) is 0 Å². The zero-order chi connectivity index (χ0) is 18.1. The highest BCUT2D eigenvalue weighted by atomic mass is 35.5. The van der Waals surface area contributed by atoms with E-state index in [1.807, 2.05) is 5.57 Å². The molecule has 1 saturated carbocycles. The van der Waals surface area contributed by atoms with Crippen molar-refractivity contribution in [3.63, 3.8) is 0 Å². The number of nitrogens with zero attached hydrogens (tertiary/aromatic N) is 2. The molecule has 7 atom stereocenters. The van der Waals surface area contributed by atoms with Gasteiger partial charge in [-0.25, -0.2) is 0 Å². The van der Waals surface area contributed by atoms with Gasteiger partial charge in [0.25, 0.3) is 0 Å². The monoisotopic (exact) mass is 396 g/mol. The van der Waals surface area contributed by atoms with Crippen LogP contribution in [0.1, 0.15) is 52.4 Å². The van der Waals surface area contributed by atoms with E-state index in [1.165, 1.54) is 38.5 Å². The SMILES string of the molecule is C[C@@H]1[C@H](C)[C@H]1CC1CCC2C3=C1CC=C1C=CCCC1N3C1=CC=NCC12.Cl. The molecule has 28 heavy (non-hydrogen) atoms. The molecule has 0 N–H and O–H groups in total. The second kappa shape index (κ2) is 6.90. The van der Waals surface area contributed by atoms with Crippen molar-refractivity contribution in [3.05, 3.63) is 46.8 Å². The fourth-order valence-electron chi connectivity index (χ4n) is 6.98. The van der Waals surface area contributed by atoms with E-state index < -0.39 is 0 Å². The lowest BCUT2D eigenvalue weighted by atomic mass is 9.73. The molecule has 3 aliphatic heterocycles. The first-order chi connectivity index (χ1) is 13.2. The number of dihydropyridines is 1. The zero-order valence-corrected chi connectivity index (χ0v) is 18.0. The Morgan fingerprint density at radius 2 is 1.96 bits per heavy atom. The van der Waals surface area contributed by atoms with Crippen molar-refractivity contribution >= 4 is 18.6 Å². The van der Waals surface area contributed by atoms with Crippen LogP contribution in [0.25, 0.3) is 0 Å². The molecule has 0 bridgehead atoms. The van der Waals surface area contributed by atoms with Gasteiger partial charge in [0.1, 0.15) is 0 Å². The minimum atomic E-state index is 0. The Labute approximate surface area is 176 Å². The second-order valence-electron chi connectivity index (χ2n) is 9.90. The molecule has 4 unspecified atom stereocenters. The molecule has 3 aliphatic carbocycles. The van der Waals surface area contributed by atoms with Crippen molar-refractivity contribution in [3.8, 4) is 0 Å². The first-order valence-corrected chi connectivity index (χ1v) is 11.3. The van der Waals surface area contributed by atoms with Gasteiger partial charge in [-0.05, 0) is 79.4 Å². The molecule has 6 rings (SSSR count). The smallest absolute Gasteiger partial charge is 0.0585 e. The number of allylic oxidation sites excluding steroid dienone is 5. The van der Waals surface area contributed by atoms with Crippen LogP contribution < -0.4 is 0 Å². The van der Waals surface area contributed by atoms with Gasteiger partial charge in [-0.15, -0.1) is 12.4 Å². The molecule has 3 heterocycles. The fourth-order valence-corrected chi connectivity index (χ4v) is 6.98. The minimum absolute atomic E-state index is 0. The summed E-state index contributed by atoms with van der Waals surface area (Å²) in [6, 6.07) is 0.574. The number of rotatable bonds is 2. The summed E-state index contributed by atoms with van der Waals surface area (Å²) < 4.78 is 0. The Kier molecular flexibility index (Phi) is 4.62. The molecule has 2 nitrogen and oxygen atoms in total. The molecule has 2 fully saturated rings. The third-order valence-electron chi connectivity index (χ3n) is 8.82. The Hall–Kier alpha value is -1.28. The third-order valence-corrected chi connectivity index (χ3v) is 8.82. The third kappa shape index (κ3) is 2.63. The van der Waals surface area contributed by atoms with E-state index in [9.17, 15) is 0 Å². The minimum Gasteiger partial charge on any atom is -0.341 e. The van der Waals surface area contributed by atoms with Crippen molar-refractivity contribution < 1.29 is 0 Å². The van der Waals surface area contributed by atoms with Gasteiger partial charge in [-0.1, -0.05) is 32.1 Å². The maximum atomic E-state index is 4.67. The zero-order valence-electron chi connectivity index (χ0n) is 17.2. The molecule has 6 aliphatic rings. The van der Waals surface area contributed by atoms with Crippen molar-refractivity contribution in [2.45, 2.75) is 58.4 Å². The van der Waals surface area contributed by atoms with Crippen molar-refractivity contribution in [1.82, 2.24) is 4.90 Å². The van der Waals surface area contributed by atoms with Gasteiger partial charge in [0.2, 0.25) is 0 Å². The van der Waals surface area contributed by atoms with Crippen LogP contribution in [0.4, 0.5) is 0 Å². The molecule has 0 amide bonds. The van der Waals surface area contributed by atoms with Crippen LogP contribution >= 0.6 is 12.4 Å². The van der Waals surface area contributed by atoms with Gasteiger partial charge in [0.15, 0.2) is 0 Å². The summed E-state index contributed by atoms with van der Waals surface area (Å²) in [5, 5.41) is 0. The number of aliphatic imine (C=N–C) groups is 1. The van der Waals surface area contributed by atoms with Gasteiger partial charge < -0.3 is 4.90 Å². The molecule has 0 aromatic heterocycles. The Bertz CT molecular complexity index is 808. The average molecular weight is 397 g/mol. The molecule has 0 aromatic carbocycles. The summed E-state index contributed by atoms with van der Waals surface area (Å²) in [5.41, 5.74) is 6.72. The van der Waals surface area contributed by atoms with Crippen LogP contribution in [0.3, 0.4) is 0 Å². The summed E-state index contributed by atoms with van der Waals surface area (Å²) >= 11 is 0. The Balaban J connectivity index is 0.00000171. The highest BCUT2D eigenvalue weighted by Gasteiger charge is 2.51. The molecular formula is C25H33ClN2. The highest BCUT2D eigenvalue weighted by molar-refractivity contribution is 5.85. The van der Waals surface area contributed by atoms with E-state index in [1.54, 1.807) is 17.0 Å². The lowest BCUT2D eigenvalue weighted by Crippen LogP contribution is -2.35. The molecule has 0 spiro atoms. The topological polar surface area (TPSA) is 15.6 Å². The van der Waals surface area contributed by atoms with E-state index in [4.69, 9.17) is 0 Å². The van der Waals surface area contributed by atoms with Crippen LogP contribution in [0.2, 0.25) is 0 Å². The second-order valence-corrected chi connectivity index (χ2v) is 9.90. The quantitative estimate of drug-likeness (QED) is 0.564. The van der Waals surface area contributed by atoms with E-state index in [-0.39, 0.29) is 12.4 Å². The molecule has 3 heteroatoms. The standard InChI is InChI=1S/C25H32N2.ClH/c1-15-16(2)21(15)13-18-8-10-20-22-14-26-12-11-24(22)27-23-6-4-3-5-17(23)7-9-19(18)25(20)27;/h3,5,7,11-12,15-16,18,20-23H,4,6,8-10,13-14H2,1-2H3;1H/t15-,16+,18?,20?,21+,22?,23?;. The predicted octanol–water partition coefficient (Wildman–Crippen LogP) is 5.93. The van der Waals surface area contributed by atoms with Crippen LogP contribution in [0, 0.1) is 35.5 Å². The number of fused-ring (bicyclic) bond motifs is 5. The predicted molar refractivity (Wildman–Crippen MR) is 119 cm³/mol. The van der Waals surface area contributed by atoms with Gasteiger partial charge in [-0.3, -0.25) is 4.99 Å². The highest BCUT2D eigenvalue weighted by Crippen LogP contribution is 2.58. The van der Waals surface area contributed by atoms with E-state index in [0.717, 1.165) is 36.1 Å². The summed E-state index contributed by atoms with van der Waals surface area (Å²) in [4.78, 5) is 7.49. The van der Waals surface area contributed by atoms with Crippen molar-refractivity contribution in [2.24, 2.45) is 40.5 Å². The van der Waals surface area contributed by atoms with Gasteiger partial charge in [0.05, 0.1) is 6.04 Å². The van der Waals surface area contributed by atoms with Gasteiger partial charge in [-0.2, -0.15) is 0 Å². The van der Waals surface area contributed by atoms with Crippen LogP contribution in [0.15, 0.2) is 51.8 Å². The van der Waals surface area contributed by atoms with E-state index in [2.05, 4.69) is 54.3 Å². The lowest BCUT2D eigenvalue weighted by Gasteiger charge is -2.38. The van der Waals surface area contributed by atoms with Gasteiger partial charge in [0, 0.05) is 36.0 Å². The largest absolute Gasteiger partial charge is 0.341 e.